The van der Waals surface area contributed by atoms with Gasteiger partial charge in [0.05, 0.1) is 11.6 Å². The maximum atomic E-state index is 9.61. The first-order valence-electron chi connectivity index (χ1n) is 9.62. The Balaban J connectivity index is 1.69. The van der Waals surface area contributed by atoms with E-state index in [2.05, 4.69) is 63.3 Å². The van der Waals surface area contributed by atoms with Crippen molar-refractivity contribution >= 4 is 44.6 Å². The van der Waals surface area contributed by atoms with Crippen LogP contribution in [0.4, 0.5) is 17.1 Å². The van der Waals surface area contributed by atoms with Crippen molar-refractivity contribution in [3.63, 3.8) is 0 Å². The molecule has 0 aromatic heterocycles. The average molecular weight is 451 g/mol. The first-order chi connectivity index (χ1) is 14.7. The number of para-hydroxylation sites is 2. The van der Waals surface area contributed by atoms with Gasteiger partial charge < -0.3 is 4.90 Å². The first kappa shape index (κ1) is 19.7. The van der Waals surface area contributed by atoms with Gasteiger partial charge in [0.2, 0.25) is 0 Å². The van der Waals surface area contributed by atoms with E-state index in [0.717, 1.165) is 32.7 Å². The van der Waals surface area contributed by atoms with E-state index >= 15 is 0 Å². The van der Waals surface area contributed by atoms with Crippen LogP contribution in [0.25, 0.3) is 11.6 Å². The second-order valence-electron chi connectivity index (χ2n) is 6.77. The van der Waals surface area contributed by atoms with Gasteiger partial charge in [0.1, 0.15) is 0 Å². The molecule has 0 atom stereocenters. The topological polar surface area (TPSA) is 27.0 Å². The number of nitrogens with zero attached hydrogens (tertiary/aromatic N) is 2. The normalized spacial score (nSPS) is 11.0. The Labute approximate surface area is 185 Å². The van der Waals surface area contributed by atoms with Crippen LogP contribution in [0, 0.1) is 11.3 Å². The Bertz CT molecular complexity index is 1130. The van der Waals surface area contributed by atoms with Crippen molar-refractivity contribution in [2.45, 2.75) is 0 Å². The Kier molecular flexibility index (Phi) is 6.08. The summed E-state index contributed by atoms with van der Waals surface area (Å²) in [5.74, 6) is 0. The van der Waals surface area contributed by atoms with Crippen LogP contribution < -0.4 is 4.90 Å². The molecule has 144 valence electrons. The summed E-state index contributed by atoms with van der Waals surface area (Å²) in [4.78, 5) is 2.22. The summed E-state index contributed by atoms with van der Waals surface area (Å²) in [5, 5.41) is 9.61. The van der Waals surface area contributed by atoms with E-state index in [1.54, 1.807) is 0 Å². The molecule has 0 unspecified atom stereocenters. The Morgan fingerprint density at radius 1 is 0.667 bits per heavy atom. The minimum Gasteiger partial charge on any atom is -0.311 e. The minimum atomic E-state index is 0.637. The van der Waals surface area contributed by atoms with Gasteiger partial charge >= 0.3 is 0 Å². The van der Waals surface area contributed by atoms with Crippen molar-refractivity contribution < 1.29 is 0 Å². The smallest absolute Gasteiger partial charge is 0.0998 e. The van der Waals surface area contributed by atoms with Crippen LogP contribution in [0.2, 0.25) is 0 Å². The molecule has 0 bridgehead atoms. The van der Waals surface area contributed by atoms with Gasteiger partial charge in [-0.15, -0.1) is 0 Å². The average Bonchev–Trinajstić information content (AvgIpc) is 2.81. The van der Waals surface area contributed by atoms with E-state index in [9.17, 15) is 5.26 Å². The molecule has 4 rings (SSSR count). The second-order valence-corrected chi connectivity index (χ2v) is 7.69. The Morgan fingerprint density at radius 3 is 1.67 bits per heavy atom. The van der Waals surface area contributed by atoms with E-state index in [-0.39, 0.29) is 0 Å². The number of anilines is 3. The molecule has 0 aliphatic carbocycles. The van der Waals surface area contributed by atoms with Crippen LogP contribution in [0.1, 0.15) is 11.1 Å². The quantitative estimate of drug-likeness (QED) is 0.227. The van der Waals surface area contributed by atoms with Crippen LogP contribution in [-0.2, 0) is 0 Å². The molecule has 4 aromatic carbocycles. The van der Waals surface area contributed by atoms with Gasteiger partial charge in [0.25, 0.3) is 0 Å². The molecule has 30 heavy (non-hydrogen) atoms. The van der Waals surface area contributed by atoms with E-state index in [4.69, 9.17) is 0 Å². The number of rotatable bonds is 5. The fraction of sp³-hybridized carbons (Fsp3) is 0. The van der Waals surface area contributed by atoms with Crippen molar-refractivity contribution in [3.05, 3.63) is 125 Å². The molecular formula is C27H19BrN2. The summed E-state index contributed by atoms with van der Waals surface area (Å²) >= 11 is 3.44. The zero-order chi connectivity index (χ0) is 20.8. The fourth-order valence-corrected chi connectivity index (χ4v) is 3.56. The molecular weight excluding hydrogens is 432 g/mol. The summed E-state index contributed by atoms with van der Waals surface area (Å²) in [6, 6.07) is 39.0. The Morgan fingerprint density at radius 2 is 1.17 bits per heavy atom. The fourth-order valence-electron chi connectivity index (χ4n) is 3.30. The lowest BCUT2D eigenvalue weighted by Crippen LogP contribution is -2.09. The van der Waals surface area contributed by atoms with Crippen LogP contribution in [0.5, 0.6) is 0 Å². The summed E-state index contributed by atoms with van der Waals surface area (Å²) < 4.78 is 0.995. The third-order valence-electron chi connectivity index (χ3n) is 4.77. The third-order valence-corrected chi connectivity index (χ3v) is 5.30. The zero-order valence-electron chi connectivity index (χ0n) is 16.2. The van der Waals surface area contributed by atoms with Gasteiger partial charge in [-0.2, -0.15) is 5.26 Å². The monoisotopic (exact) mass is 450 g/mol. The number of hydrogen-bond donors (Lipinski definition) is 0. The number of benzene rings is 4. The molecule has 0 spiro atoms. The molecule has 3 heteroatoms. The van der Waals surface area contributed by atoms with Gasteiger partial charge in [-0.1, -0.05) is 76.6 Å². The summed E-state index contributed by atoms with van der Waals surface area (Å²) in [6.45, 7) is 0. The zero-order valence-corrected chi connectivity index (χ0v) is 17.8. The molecule has 0 aliphatic heterocycles. The molecule has 0 heterocycles. The molecule has 2 nitrogen and oxygen atoms in total. The minimum absolute atomic E-state index is 0.637. The summed E-state index contributed by atoms with van der Waals surface area (Å²) in [6.07, 6.45) is 1.92. The van der Waals surface area contributed by atoms with Crippen LogP contribution in [-0.4, -0.2) is 0 Å². The van der Waals surface area contributed by atoms with Crippen molar-refractivity contribution in [3.8, 4) is 6.07 Å². The molecule has 0 aliphatic rings. The number of hydrogen-bond acceptors (Lipinski definition) is 2. The number of allylic oxidation sites excluding steroid dienone is 1. The van der Waals surface area contributed by atoms with Gasteiger partial charge in [-0.3, -0.25) is 0 Å². The number of nitriles is 1. The van der Waals surface area contributed by atoms with Crippen molar-refractivity contribution in [1.29, 1.82) is 5.26 Å². The molecule has 0 amide bonds. The van der Waals surface area contributed by atoms with Gasteiger partial charge in [0, 0.05) is 21.5 Å². The molecule has 4 aromatic rings. The second kappa shape index (κ2) is 9.26. The lowest BCUT2D eigenvalue weighted by atomic mass is 10.0. The number of halogens is 1. The van der Waals surface area contributed by atoms with Crippen LogP contribution >= 0.6 is 15.9 Å². The molecule has 0 saturated heterocycles. The largest absolute Gasteiger partial charge is 0.311 e. The molecule has 0 saturated carbocycles. The maximum Gasteiger partial charge on any atom is 0.0998 e. The summed E-state index contributed by atoms with van der Waals surface area (Å²) in [7, 11) is 0. The molecule has 0 N–H and O–H groups in total. The van der Waals surface area contributed by atoms with Crippen molar-refractivity contribution in [2.24, 2.45) is 0 Å². The SMILES string of the molecule is N#CC(=Cc1ccc(N(c2ccccc2)c2ccccc2)cc1)c1ccc(Br)cc1. The van der Waals surface area contributed by atoms with Crippen LogP contribution in [0.3, 0.4) is 0 Å². The molecule has 0 fully saturated rings. The first-order valence-corrected chi connectivity index (χ1v) is 10.4. The highest BCUT2D eigenvalue weighted by Crippen LogP contribution is 2.34. The van der Waals surface area contributed by atoms with Crippen molar-refractivity contribution in [2.75, 3.05) is 4.90 Å². The van der Waals surface area contributed by atoms with Gasteiger partial charge in [-0.25, -0.2) is 0 Å². The predicted octanol–water partition coefficient (Wildman–Crippen LogP) is 7.98. The maximum absolute atomic E-state index is 9.61. The van der Waals surface area contributed by atoms with E-state index in [1.165, 1.54) is 0 Å². The third kappa shape index (κ3) is 4.51. The van der Waals surface area contributed by atoms with E-state index in [1.807, 2.05) is 78.9 Å². The van der Waals surface area contributed by atoms with Crippen LogP contribution in [0.15, 0.2) is 114 Å². The Hall–Kier alpha value is -3.61. The highest BCUT2D eigenvalue weighted by atomic mass is 79.9. The van der Waals surface area contributed by atoms with E-state index < -0.39 is 0 Å². The summed E-state index contributed by atoms with van der Waals surface area (Å²) in [5.41, 5.74) is 5.78. The lowest BCUT2D eigenvalue weighted by molar-refractivity contribution is 1.28. The van der Waals surface area contributed by atoms with Gasteiger partial charge in [0.15, 0.2) is 0 Å². The predicted molar refractivity (Wildman–Crippen MR) is 129 cm³/mol. The standard InChI is InChI=1S/C27H19BrN2/c28-24-15-13-22(14-16-24)23(20-29)19-21-11-17-27(18-12-21)30(25-7-3-1-4-8-25)26-9-5-2-6-10-26/h1-19H. The highest BCUT2D eigenvalue weighted by molar-refractivity contribution is 9.10. The van der Waals surface area contributed by atoms with Crippen molar-refractivity contribution in [1.82, 2.24) is 0 Å². The van der Waals surface area contributed by atoms with E-state index in [0.29, 0.717) is 5.57 Å². The van der Waals surface area contributed by atoms with Gasteiger partial charge in [-0.05, 0) is 65.7 Å². The highest BCUT2D eigenvalue weighted by Gasteiger charge is 2.11. The molecule has 0 radical (unpaired) electrons. The lowest BCUT2D eigenvalue weighted by Gasteiger charge is -2.25.